The first kappa shape index (κ1) is 15.3. The van der Waals surface area contributed by atoms with Crippen molar-refractivity contribution in [1.82, 2.24) is 0 Å². The molecular weight excluding hydrogens is 278 g/mol. The smallest absolute Gasteiger partial charge is 0.248 e. The Kier molecular flexibility index (Phi) is 4.54. The zero-order valence-electron chi connectivity index (χ0n) is 12.1. The van der Waals surface area contributed by atoms with E-state index in [0.717, 1.165) is 5.56 Å². The average Bonchev–Trinajstić information content (AvgIpc) is 2.52. The van der Waals surface area contributed by atoms with Gasteiger partial charge in [-0.25, -0.2) is 0 Å². The average molecular weight is 293 g/mol. The van der Waals surface area contributed by atoms with Gasteiger partial charge >= 0.3 is 0 Å². The third-order valence-electron chi connectivity index (χ3n) is 3.27. The van der Waals surface area contributed by atoms with Gasteiger partial charge in [0.15, 0.2) is 5.78 Å². The molecule has 0 radical (unpaired) electrons. The molecule has 0 saturated heterocycles. The number of benzene rings is 2. The fourth-order valence-electron chi connectivity index (χ4n) is 1.99. The first-order chi connectivity index (χ1) is 10.5. The summed E-state index contributed by atoms with van der Waals surface area (Å²) in [5.74, 6) is -0.529. The van der Waals surface area contributed by atoms with Crippen molar-refractivity contribution < 1.29 is 9.59 Å². The van der Waals surface area contributed by atoms with E-state index < -0.39 is 5.91 Å². The van der Waals surface area contributed by atoms with E-state index in [9.17, 15) is 9.59 Å². The summed E-state index contributed by atoms with van der Waals surface area (Å²) in [6.07, 6.45) is 0. The fourth-order valence-corrected chi connectivity index (χ4v) is 1.99. The van der Waals surface area contributed by atoms with E-state index in [2.05, 4.69) is 11.4 Å². The molecule has 1 amide bonds. The van der Waals surface area contributed by atoms with Crippen molar-refractivity contribution in [3.8, 4) is 6.07 Å². The van der Waals surface area contributed by atoms with Gasteiger partial charge in [-0.05, 0) is 42.8 Å². The highest BCUT2D eigenvalue weighted by molar-refractivity contribution is 5.95. The van der Waals surface area contributed by atoms with E-state index in [0.29, 0.717) is 28.9 Å². The number of nitrogens with one attached hydrogen (secondary N) is 1. The van der Waals surface area contributed by atoms with Crippen LogP contribution < -0.4 is 11.1 Å². The van der Waals surface area contributed by atoms with Gasteiger partial charge in [-0.2, -0.15) is 5.26 Å². The van der Waals surface area contributed by atoms with Crippen LogP contribution in [0.2, 0.25) is 0 Å². The third-order valence-corrected chi connectivity index (χ3v) is 3.27. The van der Waals surface area contributed by atoms with Gasteiger partial charge in [-0.1, -0.05) is 12.1 Å². The normalized spacial score (nSPS) is 9.82. The summed E-state index contributed by atoms with van der Waals surface area (Å²) in [5.41, 5.74) is 8.19. The molecule has 0 aliphatic heterocycles. The van der Waals surface area contributed by atoms with Crippen molar-refractivity contribution in [3.63, 3.8) is 0 Å². The number of nitrogens with zero attached hydrogens (tertiary/aromatic N) is 1. The van der Waals surface area contributed by atoms with Crippen LogP contribution in [-0.2, 0) is 6.54 Å². The Morgan fingerprint density at radius 1 is 1.14 bits per heavy atom. The second kappa shape index (κ2) is 6.55. The standard InChI is InChI=1S/C17H15N3O2/c1-11(21)14-6-7-15(9-18)16(8-14)20-10-12-2-4-13(5-3-12)17(19)22/h2-8,20H,10H2,1H3,(H2,19,22). The quantitative estimate of drug-likeness (QED) is 0.828. The SMILES string of the molecule is CC(=O)c1ccc(C#N)c(NCc2ccc(C(N)=O)cc2)c1. The zero-order valence-corrected chi connectivity index (χ0v) is 12.1. The van der Waals surface area contributed by atoms with Crippen molar-refractivity contribution in [1.29, 1.82) is 5.26 Å². The molecule has 22 heavy (non-hydrogen) atoms. The molecule has 0 spiro atoms. The molecule has 0 aliphatic carbocycles. The number of Topliss-reactive ketones (excluding diaryl/α,β-unsaturated/α-hetero) is 1. The van der Waals surface area contributed by atoms with E-state index >= 15 is 0 Å². The summed E-state index contributed by atoms with van der Waals surface area (Å²) in [6.45, 7) is 1.95. The minimum atomic E-state index is -0.472. The molecule has 5 nitrogen and oxygen atoms in total. The first-order valence-electron chi connectivity index (χ1n) is 6.69. The van der Waals surface area contributed by atoms with Crippen LogP contribution in [0.15, 0.2) is 42.5 Å². The van der Waals surface area contributed by atoms with Gasteiger partial charge in [0.25, 0.3) is 0 Å². The molecule has 110 valence electrons. The van der Waals surface area contributed by atoms with Crippen LogP contribution in [0.25, 0.3) is 0 Å². The predicted octanol–water partition coefficient (Wildman–Crippen LogP) is 2.47. The van der Waals surface area contributed by atoms with Crippen LogP contribution in [0.3, 0.4) is 0 Å². The molecule has 2 rings (SSSR count). The van der Waals surface area contributed by atoms with Gasteiger partial charge in [0, 0.05) is 17.7 Å². The van der Waals surface area contributed by atoms with Crippen LogP contribution in [0.1, 0.15) is 38.8 Å². The van der Waals surface area contributed by atoms with Gasteiger partial charge < -0.3 is 11.1 Å². The largest absolute Gasteiger partial charge is 0.380 e. The summed E-state index contributed by atoms with van der Waals surface area (Å²) < 4.78 is 0. The lowest BCUT2D eigenvalue weighted by molar-refractivity contribution is 0.0996. The van der Waals surface area contributed by atoms with E-state index in [4.69, 9.17) is 11.0 Å². The van der Waals surface area contributed by atoms with Gasteiger partial charge in [-0.15, -0.1) is 0 Å². The molecule has 3 N–H and O–H groups in total. The Hall–Kier alpha value is -3.13. The van der Waals surface area contributed by atoms with Gasteiger partial charge in [-0.3, -0.25) is 9.59 Å². The number of rotatable bonds is 5. The van der Waals surface area contributed by atoms with E-state index in [1.54, 1.807) is 42.5 Å². The summed E-state index contributed by atoms with van der Waals surface area (Å²) >= 11 is 0. The lowest BCUT2D eigenvalue weighted by Crippen LogP contribution is -2.11. The number of carbonyl (C=O) groups excluding carboxylic acids is 2. The predicted molar refractivity (Wildman–Crippen MR) is 83.4 cm³/mol. The maximum Gasteiger partial charge on any atom is 0.248 e. The van der Waals surface area contributed by atoms with E-state index in [1.165, 1.54) is 6.92 Å². The summed E-state index contributed by atoms with van der Waals surface area (Å²) in [6, 6.07) is 13.9. The highest BCUT2D eigenvalue weighted by Crippen LogP contribution is 2.18. The van der Waals surface area contributed by atoms with Crippen molar-refractivity contribution in [2.45, 2.75) is 13.5 Å². The summed E-state index contributed by atoms with van der Waals surface area (Å²) in [5, 5.41) is 12.2. The van der Waals surface area contributed by atoms with Crippen LogP contribution >= 0.6 is 0 Å². The lowest BCUT2D eigenvalue weighted by Gasteiger charge is -2.10. The van der Waals surface area contributed by atoms with E-state index in [1.807, 2.05) is 0 Å². The van der Waals surface area contributed by atoms with Crippen molar-refractivity contribution in [3.05, 3.63) is 64.7 Å². The van der Waals surface area contributed by atoms with Crippen LogP contribution in [0, 0.1) is 11.3 Å². The molecule has 0 atom stereocenters. The molecule has 5 heteroatoms. The highest BCUT2D eigenvalue weighted by Gasteiger charge is 2.07. The number of primary amides is 1. The summed E-state index contributed by atoms with van der Waals surface area (Å²) in [7, 11) is 0. The molecule has 0 unspecified atom stereocenters. The monoisotopic (exact) mass is 293 g/mol. The minimum absolute atomic E-state index is 0.0571. The highest BCUT2D eigenvalue weighted by atomic mass is 16.1. The Balaban J connectivity index is 2.17. The van der Waals surface area contributed by atoms with E-state index in [-0.39, 0.29) is 5.78 Å². The molecule has 0 heterocycles. The Bertz CT molecular complexity index is 758. The number of nitrogens with two attached hydrogens (primary N) is 1. The molecule has 2 aromatic rings. The number of anilines is 1. The Morgan fingerprint density at radius 2 is 1.77 bits per heavy atom. The topological polar surface area (TPSA) is 96.0 Å². The summed E-state index contributed by atoms with van der Waals surface area (Å²) in [4.78, 5) is 22.4. The fraction of sp³-hybridized carbons (Fsp3) is 0.118. The molecule has 2 aromatic carbocycles. The zero-order chi connectivity index (χ0) is 16.1. The number of ketones is 1. The maximum absolute atomic E-state index is 11.4. The Labute approximate surface area is 128 Å². The van der Waals surface area contributed by atoms with Crippen LogP contribution in [-0.4, -0.2) is 11.7 Å². The molecular formula is C17H15N3O2. The molecule has 0 saturated carbocycles. The minimum Gasteiger partial charge on any atom is -0.380 e. The molecule has 0 aromatic heterocycles. The number of hydrogen-bond acceptors (Lipinski definition) is 4. The third kappa shape index (κ3) is 3.49. The molecule has 0 aliphatic rings. The van der Waals surface area contributed by atoms with Crippen molar-refractivity contribution in [2.75, 3.05) is 5.32 Å². The van der Waals surface area contributed by atoms with Crippen LogP contribution in [0.5, 0.6) is 0 Å². The Morgan fingerprint density at radius 3 is 2.32 bits per heavy atom. The van der Waals surface area contributed by atoms with Crippen molar-refractivity contribution >= 4 is 17.4 Å². The first-order valence-corrected chi connectivity index (χ1v) is 6.69. The van der Waals surface area contributed by atoms with Crippen LogP contribution in [0.4, 0.5) is 5.69 Å². The molecule has 0 bridgehead atoms. The molecule has 0 fully saturated rings. The van der Waals surface area contributed by atoms with Crippen molar-refractivity contribution in [2.24, 2.45) is 5.73 Å². The lowest BCUT2D eigenvalue weighted by atomic mass is 10.1. The van der Waals surface area contributed by atoms with Gasteiger partial charge in [0.2, 0.25) is 5.91 Å². The number of carbonyl (C=O) groups is 2. The van der Waals surface area contributed by atoms with Gasteiger partial charge in [0.1, 0.15) is 6.07 Å². The number of hydrogen-bond donors (Lipinski definition) is 2. The van der Waals surface area contributed by atoms with Gasteiger partial charge in [0.05, 0.1) is 11.3 Å². The number of nitriles is 1. The number of amides is 1. The second-order valence-electron chi connectivity index (χ2n) is 4.84. The second-order valence-corrected chi connectivity index (χ2v) is 4.84. The maximum atomic E-state index is 11.4.